The molecule has 0 atom stereocenters. The zero-order valence-electron chi connectivity index (χ0n) is 12.3. The average Bonchev–Trinajstić information content (AvgIpc) is 3.01. The van der Waals surface area contributed by atoms with E-state index in [9.17, 15) is 9.59 Å². The van der Waals surface area contributed by atoms with Crippen molar-refractivity contribution < 1.29 is 9.59 Å². The molecular formula is C18H20O2S. The molecule has 1 aromatic carbocycles. The zero-order chi connectivity index (χ0) is 15.1. The second kappa shape index (κ2) is 7.89. The molecule has 0 saturated carbocycles. The monoisotopic (exact) mass is 300 g/mol. The molecule has 0 aliphatic heterocycles. The number of unbranched alkanes of at least 4 members (excludes halogenated alkanes) is 3. The summed E-state index contributed by atoms with van der Waals surface area (Å²) in [6, 6.07) is 11.7. The molecule has 0 spiro atoms. The predicted octanol–water partition coefficient (Wildman–Crippen LogP) is 5.14. The van der Waals surface area contributed by atoms with Crippen molar-refractivity contribution in [2.75, 3.05) is 0 Å². The number of benzene rings is 1. The van der Waals surface area contributed by atoms with Crippen molar-refractivity contribution in [1.82, 2.24) is 0 Å². The van der Waals surface area contributed by atoms with Gasteiger partial charge >= 0.3 is 0 Å². The van der Waals surface area contributed by atoms with E-state index in [0.29, 0.717) is 11.3 Å². The van der Waals surface area contributed by atoms with Crippen LogP contribution in [0.4, 0.5) is 0 Å². The van der Waals surface area contributed by atoms with Crippen LogP contribution in [0, 0.1) is 0 Å². The van der Waals surface area contributed by atoms with Crippen LogP contribution in [0.15, 0.2) is 41.8 Å². The molecule has 3 heteroatoms. The van der Waals surface area contributed by atoms with Crippen LogP contribution in [0.2, 0.25) is 0 Å². The molecule has 2 aromatic rings. The first-order chi connectivity index (χ1) is 10.2. The lowest BCUT2D eigenvalue weighted by molar-refractivity contribution is -0.115. The third-order valence-corrected chi connectivity index (χ3v) is 4.37. The molecule has 0 fully saturated rings. The number of hydrogen-bond acceptors (Lipinski definition) is 3. The predicted molar refractivity (Wildman–Crippen MR) is 87.9 cm³/mol. The van der Waals surface area contributed by atoms with E-state index in [-0.39, 0.29) is 11.6 Å². The van der Waals surface area contributed by atoms with Gasteiger partial charge in [0.25, 0.3) is 0 Å². The van der Waals surface area contributed by atoms with Crippen molar-refractivity contribution in [3.05, 3.63) is 46.7 Å². The summed E-state index contributed by atoms with van der Waals surface area (Å²) in [5.74, 6) is -0.591. The van der Waals surface area contributed by atoms with E-state index in [0.717, 1.165) is 36.8 Å². The summed E-state index contributed by atoms with van der Waals surface area (Å²) < 4.78 is 0. The van der Waals surface area contributed by atoms with Crippen molar-refractivity contribution in [3.63, 3.8) is 0 Å². The lowest BCUT2D eigenvalue weighted by Gasteiger charge is -1.98. The Hall–Kier alpha value is -1.74. The Morgan fingerprint density at radius 1 is 1.00 bits per heavy atom. The normalized spacial score (nSPS) is 10.5. The molecular weight excluding hydrogens is 280 g/mol. The number of thiophene rings is 1. The van der Waals surface area contributed by atoms with Gasteiger partial charge in [-0.05, 0) is 29.0 Å². The number of hydrogen-bond donors (Lipinski definition) is 0. The molecule has 110 valence electrons. The SMILES string of the molecule is CCCCCCC(=O)C(=O)c1cc(-c2ccccc2)cs1. The zero-order valence-corrected chi connectivity index (χ0v) is 13.1. The molecule has 2 nitrogen and oxygen atoms in total. The van der Waals surface area contributed by atoms with Crippen LogP contribution < -0.4 is 0 Å². The third kappa shape index (κ3) is 4.36. The van der Waals surface area contributed by atoms with Gasteiger partial charge in [0.05, 0.1) is 4.88 Å². The van der Waals surface area contributed by atoms with Crippen molar-refractivity contribution in [2.24, 2.45) is 0 Å². The van der Waals surface area contributed by atoms with Gasteiger partial charge in [0.2, 0.25) is 11.6 Å². The van der Waals surface area contributed by atoms with Crippen LogP contribution in [-0.2, 0) is 4.79 Å². The Kier molecular flexibility index (Phi) is 5.88. The lowest BCUT2D eigenvalue weighted by atomic mass is 10.1. The largest absolute Gasteiger partial charge is 0.290 e. The van der Waals surface area contributed by atoms with Crippen LogP contribution in [0.25, 0.3) is 11.1 Å². The summed E-state index contributed by atoms with van der Waals surface area (Å²) in [6.07, 6.45) is 4.47. The van der Waals surface area contributed by atoms with Crippen LogP contribution in [-0.4, -0.2) is 11.6 Å². The quantitative estimate of drug-likeness (QED) is 0.384. The van der Waals surface area contributed by atoms with E-state index in [1.807, 2.05) is 41.8 Å². The average molecular weight is 300 g/mol. The third-order valence-electron chi connectivity index (χ3n) is 3.44. The number of ketones is 2. The first-order valence-electron chi connectivity index (χ1n) is 7.44. The molecule has 21 heavy (non-hydrogen) atoms. The molecule has 0 saturated heterocycles. The number of carbonyl (C=O) groups excluding carboxylic acids is 2. The van der Waals surface area contributed by atoms with E-state index >= 15 is 0 Å². The fourth-order valence-electron chi connectivity index (χ4n) is 2.20. The molecule has 0 aliphatic carbocycles. The van der Waals surface area contributed by atoms with Crippen molar-refractivity contribution in [2.45, 2.75) is 39.0 Å². The highest BCUT2D eigenvalue weighted by atomic mass is 32.1. The van der Waals surface area contributed by atoms with E-state index in [4.69, 9.17) is 0 Å². The van der Waals surface area contributed by atoms with Crippen LogP contribution >= 0.6 is 11.3 Å². The highest BCUT2D eigenvalue weighted by Crippen LogP contribution is 2.26. The Balaban J connectivity index is 1.97. The smallest absolute Gasteiger partial charge is 0.238 e. The number of carbonyl (C=O) groups is 2. The van der Waals surface area contributed by atoms with Gasteiger partial charge in [0, 0.05) is 6.42 Å². The molecule has 2 rings (SSSR count). The van der Waals surface area contributed by atoms with Gasteiger partial charge in [-0.1, -0.05) is 56.5 Å². The minimum absolute atomic E-state index is 0.257. The summed E-state index contributed by atoms with van der Waals surface area (Å²) in [7, 11) is 0. The Morgan fingerprint density at radius 3 is 2.48 bits per heavy atom. The minimum atomic E-state index is -0.335. The van der Waals surface area contributed by atoms with Gasteiger partial charge in [0.1, 0.15) is 0 Å². The summed E-state index contributed by atoms with van der Waals surface area (Å²) in [5.41, 5.74) is 2.07. The maximum atomic E-state index is 12.1. The highest BCUT2D eigenvalue weighted by molar-refractivity contribution is 7.13. The van der Waals surface area contributed by atoms with Gasteiger partial charge in [0.15, 0.2) is 0 Å². The first kappa shape index (κ1) is 15.6. The van der Waals surface area contributed by atoms with E-state index in [1.54, 1.807) is 0 Å². The minimum Gasteiger partial charge on any atom is -0.290 e. The Bertz CT molecular complexity index is 599. The summed E-state index contributed by atoms with van der Waals surface area (Å²) in [4.78, 5) is 24.6. The van der Waals surface area contributed by atoms with Gasteiger partial charge in [-0.2, -0.15) is 0 Å². The maximum Gasteiger partial charge on any atom is 0.238 e. The van der Waals surface area contributed by atoms with E-state index < -0.39 is 0 Å². The molecule has 0 bridgehead atoms. The number of rotatable bonds is 8. The molecule has 1 aromatic heterocycles. The van der Waals surface area contributed by atoms with E-state index in [1.165, 1.54) is 11.3 Å². The lowest BCUT2D eigenvalue weighted by Crippen LogP contribution is -2.12. The van der Waals surface area contributed by atoms with Gasteiger partial charge in [-0.3, -0.25) is 9.59 Å². The van der Waals surface area contributed by atoms with Gasteiger partial charge < -0.3 is 0 Å². The summed E-state index contributed by atoms with van der Waals surface area (Å²) in [6.45, 7) is 2.13. The van der Waals surface area contributed by atoms with Crippen molar-refractivity contribution in [1.29, 1.82) is 0 Å². The van der Waals surface area contributed by atoms with Crippen LogP contribution in [0.1, 0.15) is 48.7 Å². The second-order valence-corrected chi connectivity index (χ2v) is 6.04. The topological polar surface area (TPSA) is 34.1 Å². The Morgan fingerprint density at radius 2 is 1.76 bits per heavy atom. The molecule has 1 heterocycles. The maximum absolute atomic E-state index is 12.1. The van der Waals surface area contributed by atoms with E-state index in [2.05, 4.69) is 6.92 Å². The fraction of sp³-hybridized carbons (Fsp3) is 0.333. The van der Waals surface area contributed by atoms with Crippen molar-refractivity contribution >= 4 is 22.9 Å². The first-order valence-corrected chi connectivity index (χ1v) is 8.32. The molecule has 0 radical (unpaired) electrons. The molecule has 0 unspecified atom stereocenters. The van der Waals surface area contributed by atoms with Crippen LogP contribution in [0.5, 0.6) is 0 Å². The second-order valence-electron chi connectivity index (χ2n) is 5.13. The molecule has 0 aliphatic rings. The standard InChI is InChI=1S/C18H20O2S/c1-2-3-4-8-11-16(19)18(20)17-12-15(13-21-17)14-9-6-5-7-10-14/h5-7,9-10,12-13H,2-4,8,11H2,1H3. The van der Waals surface area contributed by atoms with Crippen molar-refractivity contribution in [3.8, 4) is 11.1 Å². The molecule has 0 N–H and O–H groups in total. The van der Waals surface area contributed by atoms with Gasteiger partial charge in [-0.25, -0.2) is 0 Å². The number of Topliss-reactive ketones (excluding diaryl/α,β-unsaturated/α-hetero) is 2. The molecule has 0 amide bonds. The fourth-order valence-corrected chi connectivity index (χ4v) is 3.07. The van der Waals surface area contributed by atoms with Gasteiger partial charge in [-0.15, -0.1) is 11.3 Å². The summed E-state index contributed by atoms with van der Waals surface area (Å²) >= 11 is 1.35. The highest BCUT2D eigenvalue weighted by Gasteiger charge is 2.17. The van der Waals surface area contributed by atoms with Crippen LogP contribution in [0.3, 0.4) is 0 Å². The Labute approximate surface area is 129 Å². The summed E-state index contributed by atoms with van der Waals surface area (Å²) in [5, 5.41) is 1.94.